The van der Waals surface area contributed by atoms with Crippen LogP contribution in [0.1, 0.15) is 18.5 Å². The number of anilines is 1. The fourth-order valence-electron chi connectivity index (χ4n) is 0.979. The van der Waals surface area contributed by atoms with Gasteiger partial charge in [-0.3, -0.25) is 0 Å². The highest BCUT2D eigenvalue weighted by Gasteiger charge is 2.04. The second kappa shape index (κ2) is 3.54. The Bertz CT molecular complexity index is 273. The molecular weight excluding hydrogens is 155 g/mol. The van der Waals surface area contributed by atoms with E-state index in [1.807, 2.05) is 20.0 Å². The van der Waals surface area contributed by atoms with Crippen molar-refractivity contribution in [1.29, 1.82) is 0 Å². The van der Waals surface area contributed by atoms with Gasteiger partial charge < -0.3 is 11.1 Å². The van der Waals surface area contributed by atoms with E-state index in [4.69, 9.17) is 5.73 Å². The predicted octanol–water partition coefficient (Wildman–Crippen LogP) is 1.69. The van der Waals surface area contributed by atoms with Crippen LogP contribution in [0.4, 0.5) is 10.1 Å². The van der Waals surface area contributed by atoms with Gasteiger partial charge in [-0.1, -0.05) is 6.07 Å². The molecule has 0 saturated carbocycles. The molecule has 0 heterocycles. The number of hydrogen-bond acceptors (Lipinski definition) is 2. The van der Waals surface area contributed by atoms with Crippen molar-refractivity contribution in [2.24, 2.45) is 0 Å². The lowest BCUT2D eigenvalue weighted by atomic mass is 10.1. The van der Waals surface area contributed by atoms with Crippen LogP contribution in [0.5, 0.6) is 0 Å². The van der Waals surface area contributed by atoms with E-state index in [1.54, 1.807) is 6.07 Å². The van der Waals surface area contributed by atoms with Crippen LogP contribution in [0.15, 0.2) is 18.2 Å². The second-order valence-electron chi connectivity index (χ2n) is 2.79. The third kappa shape index (κ3) is 1.74. The molecule has 0 bridgehead atoms. The maximum Gasteiger partial charge on any atom is 0.146 e. The molecule has 66 valence electrons. The van der Waals surface area contributed by atoms with Crippen molar-refractivity contribution >= 4 is 5.69 Å². The van der Waals surface area contributed by atoms with Crippen LogP contribution in [0.3, 0.4) is 0 Å². The number of halogens is 1. The van der Waals surface area contributed by atoms with Gasteiger partial charge in [-0.15, -0.1) is 0 Å². The highest BCUT2D eigenvalue weighted by atomic mass is 19.1. The number of hydrogen-bond donors (Lipinski definition) is 2. The zero-order valence-electron chi connectivity index (χ0n) is 7.26. The van der Waals surface area contributed by atoms with Gasteiger partial charge in [0.1, 0.15) is 5.82 Å². The molecule has 3 heteroatoms. The summed E-state index contributed by atoms with van der Waals surface area (Å²) in [4.78, 5) is 0. The van der Waals surface area contributed by atoms with E-state index in [9.17, 15) is 4.39 Å². The van der Waals surface area contributed by atoms with E-state index < -0.39 is 0 Å². The summed E-state index contributed by atoms with van der Waals surface area (Å²) in [5.41, 5.74) is 6.44. The van der Waals surface area contributed by atoms with Crippen LogP contribution in [0, 0.1) is 5.82 Å². The van der Waals surface area contributed by atoms with Gasteiger partial charge in [-0.25, -0.2) is 4.39 Å². The van der Waals surface area contributed by atoms with E-state index >= 15 is 0 Å². The van der Waals surface area contributed by atoms with E-state index in [2.05, 4.69) is 5.32 Å². The van der Waals surface area contributed by atoms with Gasteiger partial charge in [0.15, 0.2) is 0 Å². The lowest BCUT2D eigenvalue weighted by Crippen LogP contribution is -2.12. The molecule has 0 saturated heterocycles. The Morgan fingerprint density at radius 1 is 1.50 bits per heavy atom. The van der Waals surface area contributed by atoms with Crippen LogP contribution < -0.4 is 11.1 Å². The molecule has 0 aliphatic carbocycles. The Labute approximate surface area is 71.6 Å². The number of nitrogens with two attached hydrogens (primary N) is 1. The zero-order chi connectivity index (χ0) is 9.14. The van der Waals surface area contributed by atoms with Crippen LogP contribution in [0.25, 0.3) is 0 Å². The SMILES string of the molecule is CN[C@H](C)c1ccc(N)c(F)c1. The van der Waals surface area contributed by atoms with Gasteiger partial charge in [0, 0.05) is 6.04 Å². The van der Waals surface area contributed by atoms with Crippen molar-refractivity contribution in [2.45, 2.75) is 13.0 Å². The van der Waals surface area contributed by atoms with Crippen molar-refractivity contribution in [1.82, 2.24) is 5.32 Å². The van der Waals surface area contributed by atoms with Crippen molar-refractivity contribution in [3.8, 4) is 0 Å². The number of rotatable bonds is 2. The predicted molar refractivity (Wildman–Crippen MR) is 48.3 cm³/mol. The van der Waals surface area contributed by atoms with Crippen LogP contribution in [-0.2, 0) is 0 Å². The second-order valence-corrected chi connectivity index (χ2v) is 2.79. The van der Waals surface area contributed by atoms with E-state index in [-0.39, 0.29) is 17.5 Å². The van der Waals surface area contributed by atoms with Crippen LogP contribution in [0.2, 0.25) is 0 Å². The molecule has 0 aliphatic rings. The molecule has 0 unspecified atom stereocenters. The summed E-state index contributed by atoms with van der Waals surface area (Å²) >= 11 is 0. The molecule has 0 spiro atoms. The molecule has 0 aliphatic heterocycles. The molecule has 0 fully saturated rings. The standard InChI is InChI=1S/C9H13FN2/c1-6(12-2)7-3-4-9(11)8(10)5-7/h3-6,12H,11H2,1-2H3/t6-/m1/s1. The molecule has 12 heavy (non-hydrogen) atoms. The third-order valence-corrected chi connectivity index (χ3v) is 1.96. The summed E-state index contributed by atoms with van der Waals surface area (Å²) < 4.78 is 12.9. The van der Waals surface area contributed by atoms with Gasteiger partial charge in [0.25, 0.3) is 0 Å². The quantitative estimate of drug-likeness (QED) is 0.659. The normalized spacial score (nSPS) is 12.9. The van der Waals surface area contributed by atoms with Crippen LogP contribution in [-0.4, -0.2) is 7.05 Å². The zero-order valence-corrected chi connectivity index (χ0v) is 7.26. The summed E-state index contributed by atoms with van der Waals surface area (Å²) in [7, 11) is 1.83. The van der Waals surface area contributed by atoms with E-state index in [0.29, 0.717) is 0 Å². The fraction of sp³-hybridized carbons (Fsp3) is 0.333. The summed E-state index contributed by atoms with van der Waals surface area (Å²) in [6.07, 6.45) is 0. The first kappa shape index (κ1) is 9.00. The van der Waals surface area contributed by atoms with Gasteiger partial charge in [0.2, 0.25) is 0 Å². The van der Waals surface area contributed by atoms with Crippen molar-refractivity contribution in [3.63, 3.8) is 0 Å². The topological polar surface area (TPSA) is 38.0 Å². The minimum Gasteiger partial charge on any atom is -0.396 e. The summed E-state index contributed by atoms with van der Waals surface area (Å²) in [5.74, 6) is -0.352. The first-order valence-corrected chi connectivity index (χ1v) is 3.87. The molecule has 0 radical (unpaired) electrons. The summed E-state index contributed by atoms with van der Waals surface area (Å²) in [5, 5.41) is 3.02. The van der Waals surface area contributed by atoms with Gasteiger partial charge in [-0.2, -0.15) is 0 Å². The average molecular weight is 168 g/mol. The van der Waals surface area contributed by atoms with E-state index in [0.717, 1.165) is 5.56 Å². The fourth-order valence-corrected chi connectivity index (χ4v) is 0.979. The monoisotopic (exact) mass is 168 g/mol. The Hall–Kier alpha value is -1.09. The Balaban J connectivity index is 2.96. The molecular formula is C9H13FN2. The summed E-state index contributed by atoms with van der Waals surface area (Å²) in [6, 6.07) is 5.01. The maximum absolute atomic E-state index is 12.9. The minimum atomic E-state index is -0.352. The maximum atomic E-state index is 12.9. The lowest BCUT2D eigenvalue weighted by Gasteiger charge is -2.10. The minimum absolute atomic E-state index is 0.153. The van der Waals surface area contributed by atoms with Gasteiger partial charge >= 0.3 is 0 Å². The number of nitrogens with one attached hydrogen (secondary N) is 1. The first-order valence-electron chi connectivity index (χ1n) is 3.87. The molecule has 0 aromatic heterocycles. The third-order valence-electron chi connectivity index (χ3n) is 1.96. The molecule has 1 aromatic rings. The number of benzene rings is 1. The largest absolute Gasteiger partial charge is 0.396 e. The van der Waals surface area contributed by atoms with Gasteiger partial charge in [-0.05, 0) is 31.7 Å². The lowest BCUT2D eigenvalue weighted by molar-refractivity contribution is 0.612. The number of nitrogen functional groups attached to an aromatic ring is 1. The first-order chi connectivity index (χ1) is 5.65. The molecule has 3 N–H and O–H groups in total. The Kier molecular flexibility index (Phi) is 2.65. The smallest absolute Gasteiger partial charge is 0.146 e. The van der Waals surface area contributed by atoms with Gasteiger partial charge in [0.05, 0.1) is 5.69 Å². The molecule has 2 nitrogen and oxygen atoms in total. The highest BCUT2D eigenvalue weighted by Crippen LogP contribution is 2.17. The molecule has 1 aromatic carbocycles. The molecule has 1 atom stereocenters. The Morgan fingerprint density at radius 3 is 2.67 bits per heavy atom. The van der Waals surface area contributed by atoms with Crippen LogP contribution >= 0.6 is 0 Å². The Morgan fingerprint density at radius 2 is 2.17 bits per heavy atom. The van der Waals surface area contributed by atoms with Crippen molar-refractivity contribution < 1.29 is 4.39 Å². The highest BCUT2D eigenvalue weighted by molar-refractivity contribution is 5.41. The molecule has 1 rings (SSSR count). The molecule has 0 amide bonds. The van der Waals surface area contributed by atoms with Crippen molar-refractivity contribution in [3.05, 3.63) is 29.6 Å². The average Bonchev–Trinajstić information content (AvgIpc) is 2.08. The summed E-state index contributed by atoms with van der Waals surface area (Å²) in [6.45, 7) is 1.96. The van der Waals surface area contributed by atoms with Crippen molar-refractivity contribution in [2.75, 3.05) is 12.8 Å². The van der Waals surface area contributed by atoms with E-state index in [1.165, 1.54) is 6.07 Å².